The third-order valence-electron chi connectivity index (χ3n) is 3.03. The van der Waals surface area contributed by atoms with Gasteiger partial charge in [-0.1, -0.05) is 26.0 Å². The van der Waals surface area contributed by atoms with E-state index in [2.05, 4.69) is 26.1 Å². The van der Waals surface area contributed by atoms with E-state index in [0.29, 0.717) is 12.3 Å². The number of amides is 1. The first-order valence-electron chi connectivity index (χ1n) is 6.93. The molecule has 0 heterocycles. The fraction of sp³-hybridized carbons (Fsp3) is 0.562. The van der Waals surface area contributed by atoms with Crippen molar-refractivity contribution in [1.29, 1.82) is 0 Å². The van der Waals surface area contributed by atoms with Gasteiger partial charge in [-0.2, -0.15) is 0 Å². The lowest BCUT2D eigenvalue weighted by atomic mass is 10.0. The van der Waals surface area contributed by atoms with Gasteiger partial charge in [-0.05, 0) is 43.4 Å². The predicted octanol–water partition coefficient (Wildman–Crippen LogP) is 3.18. The van der Waals surface area contributed by atoms with E-state index in [1.54, 1.807) is 7.11 Å². The van der Waals surface area contributed by atoms with Crippen LogP contribution in [0.2, 0.25) is 0 Å². The molecular formula is C16H25NO2. The molecule has 3 heteroatoms. The van der Waals surface area contributed by atoms with Crippen molar-refractivity contribution in [2.24, 2.45) is 5.92 Å². The van der Waals surface area contributed by atoms with E-state index in [-0.39, 0.29) is 11.9 Å². The summed E-state index contributed by atoms with van der Waals surface area (Å²) in [7, 11) is 1.65. The van der Waals surface area contributed by atoms with Gasteiger partial charge in [0, 0.05) is 12.5 Å². The van der Waals surface area contributed by atoms with Crippen molar-refractivity contribution in [3.8, 4) is 5.75 Å². The lowest BCUT2D eigenvalue weighted by Crippen LogP contribution is -2.33. The van der Waals surface area contributed by atoms with Crippen LogP contribution in [0, 0.1) is 5.92 Å². The van der Waals surface area contributed by atoms with Crippen molar-refractivity contribution in [1.82, 2.24) is 5.32 Å². The smallest absolute Gasteiger partial charge is 0.220 e. The van der Waals surface area contributed by atoms with Crippen LogP contribution in [0.15, 0.2) is 24.3 Å². The number of methoxy groups -OCH3 is 1. The molecule has 1 amide bonds. The SMILES string of the molecule is COc1ccc(CCC(=O)N[C@H](C)CC(C)C)cc1. The Balaban J connectivity index is 2.33. The van der Waals surface area contributed by atoms with Crippen molar-refractivity contribution in [2.75, 3.05) is 7.11 Å². The second kappa shape index (κ2) is 7.82. The summed E-state index contributed by atoms with van der Waals surface area (Å²) in [5, 5.41) is 3.04. The molecule has 1 aromatic carbocycles. The van der Waals surface area contributed by atoms with Gasteiger partial charge in [0.1, 0.15) is 5.75 Å². The molecule has 0 spiro atoms. The first-order chi connectivity index (χ1) is 9.01. The van der Waals surface area contributed by atoms with Crippen LogP contribution in [0.5, 0.6) is 5.75 Å². The molecule has 0 fully saturated rings. The molecule has 106 valence electrons. The molecule has 0 bridgehead atoms. The van der Waals surface area contributed by atoms with Crippen molar-refractivity contribution < 1.29 is 9.53 Å². The Morgan fingerprint density at radius 1 is 1.21 bits per heavy atom. The van der Waals surface area contributed by atoms with Gasteiger partial charge in [-0.15, -0.1) is 0 Å². The molecule has 0 aliphatic carbocycles. The van der Waals surface area contributed by atoms with E-state index < -0.39 is 0 Å². The van der Waals surface area contributed by atoms with Gasteiger partial charge < -0.3 is 10.1 Å². The second-order valence-corrected chi connectivity index (χ2v) is 5.45. The number of carbonyl (C=O) groups is 1. The summed E-state index contributed by atoms with van der Waals surface area (Å²) in [6.45, 7) is 6.39. The number of benzene rings is 1. The highest BCUT2D eigenvalue weighted by atomic mass is 16.5. The van der Waals surface area contributed by atoms with Gasteiger partial charge in [-0.3, -0.25) is 4.79 Å². The summed E-state index contributed by atoms with van der Waals surface area (Å²) in [5.41, 5.74) is 1.16. The number of nitrogens with one attached hydrogen (secondary N) is 1. The Kier molecular flexibility index (Phi) is 6.40. The molecule has 0 unspecified atom stereocenters. The first kappa shape index (κ1) is 15.5. The maximum absolute atomic E-state index is 11.8. The Hall–Kier alpha value is -1.51. The van der Waals surface area contributed by atoms with Crippen LogP contribution in [0.25, 0.3) is 0 Å². The molecule has 0 aliphatic heterocycles. The molecule has 19 heavy (non-hydrogen) atoms. The number of aryl methyl sites for hydroxylation is 1. The van der Waals surface area contributed by atoms with Gasteiger partial charge >= 0.3 is 0 Å². The minimum atomic E-state index is 0.129. The van der Waals surface area contributed by atoms with Gasteiger partial charge in [0.25, 0.3) is 0 Å². The van der Waals surface area contributed by atoms with Crippen LogP contribution in [-0.2, 0) is 11.2 Å². The van der Waals surface area contributed by atoms with Crippen molar-refractivity contribution in [3.63, 3.8) is 0 Å². The van der Waals surface area contributed by atoms with E-state index in [1.807, 2.05) is 24.3 Å². The summed E-state index contributed by atoms with van der Waals surface area (Å²) in [6.07, 6.45) is 2.33. The third kappa shape index (κ3) is 6.27. The standard InChI is InChI=1S/C16H25NO2/c1-12(2)11-13(3)17-16(18)10-7-14-5-8-15(19-4)9-6-14/h5-6,8-9,12-13H,7,10-11H2,1-4H3,(H,17,18)/t13-/m1/s1. The van der Waals surface area contributed by atoms with Crippen molar-refractivity contribution >= 4 is 5.91 Å². The zero-order valence-corrected chi connectivity index (χ0v) is 12.4. The fourth-order valence-corrected chi connectivity index (χ4v) is 2.16. The van der Waals surface area contributed by atoms with Gasteiger partial charge in [0.2, 0.25) is 5.91 Å². The Bertz CT molecular complexity index is 384. The van der Waals surface area contributed by atoms with Gasteiger partial charge in [0.15, 0.2) is 0 Å². The molecule has 3 nitrogen and oxygen atoms in total. The molecule has 1 aromatic rings. The Morgan fingerprint density at radius 3 is 2.37 bits per heavy atom. The molecule has 0 saturated heterocycles. The largest absolute Gasteiger partial charge is 0.497 e. The van der Waals surface area contributed by atoms with Crippen LogP contribution in [0.3, 0.4) is 0 Å². The zero-order valence-electron chi connectivity index (χ0n) is 12.4. The first-order valence-corrected chi connectivity index (χ1v) is 6.93. The molecule has 0 aliphatic rings. The lowest BCUT2D eigenvalue weighted by molar-refractivity contribution is -0.121. The maximum atomic E-state index is 11.8. The molecule has 1 atom stereocenters. The van der Waals surface area contributed by atoms with E-state index in [4.69, 9.17) is 4.74 Å². The quantitative estimate of drug-likeness (QED) is 0.820. The highest BCUT2D eigenvalue weighted by Gasteiger charge is 2.09. The van der Waals surface area contributed by atoms with E-state index in [9.17, 15) is 4.79 Å². The van der Waals surface area contributed by atoms with Gasteiger partial charge in [-0.25, -0.2) is 0 Å². The summed E-state index contributed by atoms with van der Waals surface area (Å²) >= 11 is 0. The van der Waals surface area contributed by atoms with Crippen LogP contribution >= 0.6 is 0 Å². The lowest BCUT2D eigenvalue weighted by Gasteiger charge is -2.15. The monoisotopic (exact) mass is 263 g/mol. The number of carbonyl (C=O) groups excluding carboxylic acids is 1. The zero-order chi connectivity index (χ0) is 14.3. The molecule has 1 N–H and O–H groups in total. The van der Waals surface area contributed by atoms with E-state index in [0.717, 1.165) is 24.2 Å². The predicted molar refractivity (Wildman–Crippen MR) is 78.4 cm³/mol. The number of hydrogen-bond acceptors (Lipinski definition) is 2. The van der Waals surface area contributed by atoms with Crippen LogP contribution in [0.1, 0.15) is 39.2 Å². The Labute approximate surface area is 116 Å². The van der Waals surface area contributed by atoms with Crippen LogP contribution in [0.4, 0.5) is 0 Å². The third-order valence-corrected chi connectivity index (χ3v) is 3.03. The molecule has 1 rings (SSSR count). The van der Waals surface area contributed by atoms with E-state index >= 15 is 0 Å². The van der Waals surface area contributed by atoms with Crippen molar-refractivity contribution in [3.05, 3.63) is 29.8 Å². The average Bonchev–Trinajstić information content (AvgIpc) is 2.36. The maximum Gasteiger partial charge on any atom is 0.220 e. The second-order valence-electron chi connectivity index (χ2n) is 5.45. The number of ether oxygens (including phenoxy) is 1. The number of rotatable bonds is 7. The van der Waals surface area contributed by atoms with E-state index in [1.165, 1.54) is 0 Å². The van der Waals surface area contributed by atoms with Crippen molar-refractivity contribution in [2.45, 2.75) is 46.1 Å². The normalized spacial score (nSPS) is 12.3. The van der Waals surface area contributed by atoms with Crippen LogP contribution in [-0.4, -0.2) is 19.1 Å². The summed E-state index contributed by atoms with van der Waals surface area (Å²) in [6, 6.07) is 8.11. The highest BCUT2D eigenvalue weighted by Crippen LogP contribution is 2.12. The molecule has 0 radical (unpaired) electrons. The topological polar surface area (TPSA) is 38.3 Å². The van der Waals surface area contributed by atoms with Gasteiger partial charge in [0.05, 0.1) is 7.11 Å². The van der Waals surface area contributed by atoms with Crippen LogP contribution < -0.4 is 10.1 Å². The molecule has 0 aromatic heterocycles. The molecule has 0 saturated carbocycles. The minimum absolute atomic E-state index is 0.129. The average molecular weight is 263 g/mol. The summed E-state index contributed by atoms with van der Waals surface area (Å²) in [4.78, 5) is 11.8. The number of hydrogen-bond donors (Lipinski definition) is 1. The molecular weight excluding hydrogens is 238 g/mol. The minimum Gasteiger partial charge on any atom is -0.497 e. The summed E-state index contributed by atoms with van der Waals surface area (Å²) in [5.74, 6) is 1.58. The Morgan fingerprint density at radius 2 is 1.84 bits per heavy atom. The summed E-state index contributed by atoms with van der Waals surface area (Å²) < 4.78 is 5.11. The highest BCUT2D eigenvalue weighted by molar-refractivity contribution is 5.76. The fourth-order valence-electron chi connectivity index (χ4n) is 2.16.